The van der Waals surface area contributed by atoms with E-state index in [1.54, 1.807) is 11.8 Å². The maximum Gasteiger partial charge on any atom is 0.219 e. The van der Waals surface area contributed by atoms with Crippen molar-refractivity contribution in [2.75, 3.05) is 19.8 Å². The lowest BCUT2D eigenvalue weighted by atomic mass is 9.98. The molecule has 11 heavy (non-hydrogen) atoms. The van der Waals surface area contributed by atoms with E-state index in [9.17, 15) is 9.18 Å². The van der Waals surface area contributed by atoms with Gasteiger partial charge in [0.2, 0.25) is 5.91 Å². The van der Waals surface area contributed by atoms with Gasteiger partial charge in [0.25, 0.3) is 0 Å². The summed E-state index contributed by atoms with van der Waals surface area (Å²) in [5.74, 6) is 0.313. The number of halogens is 1. The fourth-order valence-electron chi connectivity index (χ4n) is 1.40. The Balaban J connectivity index is 2.30. The number of piperidine rings is 1. The Morgan fingerprint density at radius 1 is 1.55 bits per heavy atom. The van der Waals surface area contributed by atoms with Crippen LogP contribution in [0.1, 0.15) is 19.8 Å². The van der Waals surface area contributed by atoms with Crippen LogP contribution in [0.15, 0.2) is 0 Å². The van der Waals surface area contributed by atoms with Crippen LogP contribution in [-0.2, 0) is 4.79 Å². The molecule has 1 aliphatic rings. The Kier molecular flexibility index (Phi) is 2.85. The van der Waals surface area contributed by atoms with Crippen LogP contribution in [0, 0.1) is 5.92 Å². The molecule has 0 radical (unpaired) electrons. The lowest BCUT2D eigenvalue weighted by Gasteiger charge is -2.29. The van der Waals surface area contributed by atoms with E-state index in [0.29, 0.717) is 0 Å². The zero-order chi connectivity index (χ0) is 8.27. The molecule has 0 aromatic rings. The van der Waals surface area contributed by atoms with Crippen molar-refractivity contribution < 1.29 is 9.18 Å². The number of hydrogen-bond donors (Lipinski definition) is 0. The van der Waals surface area contributed by atoms with Gasteiger partial charge in [0.15, 0.2) is 0 Å². The molecule has 1 saturated heterocycles. The molecule has 0 aromatic carbocycles. The maximum atomic E-state index is 12.1. The first kappa shape index (κ1) is 8.50. The molecule has 0 N–H and O–H groups in total. The average Bonchev–Trinajstić information content (AvgIpc) is 2.05. The van der Waals surface area contributed by atoms with Gasteiger partial charge in [-0.25, -0.2) is 0 Å². The van der Waals surface area contributed by atoms with E-state index in [1.165, 1.54) is 0 Å². The molecule has 1 heterocycles. The lowest BCUT2D eigenvalue weighted by Crippen LogP contribution is -2.37. The second-order valence-corrected chi connectivity index (χ2v) is 3.10. The first-order chi connectivity index (χ1) is 5.24. The van der Waals surface area contributed by atoms with Gasteiger partial charge in [-0.3, -0.25) is 9.18 Å². The van der Waals surface area contributed by atoms with E-state index in [1.807, 2.05) is 0 Å². The summed E-state index contributed by atoms with van der Waals surface area (Å²) in [6.45, 7) is 2.81. The zero-order valence-corrected chi connectivity index (χ0v) is 6.85. The van der Waals surface area contributed by atoms with Crippen molar-refractivity contribution in [3.05, 3.63) is 0 Å². The van der Waals surface area contributed by atoms with Gasteiger partial charge in [-0.1, -0.05) is 0 Å². The van der Waals surface area contributed by atoms with Crippen LogP contribution >= 0.6 is 0 Å². The van der Waals surface area contributed by atoms with E-state index < -0.39 is 0 Å². The van der Waals surface area contributed by atoms with Gasteiger partial charge < -0.3 is 4.90 Å². The van der Waals surface area contributed by atoms with Gasteiger partial charge >= 0.3 is 0 Å². The van der Waals surface area contributed by atoms with Crippen molar-refractivity contribution >= 4 is 5.91 Å². The van der Waals surface area contributed by atoms with E-state index in [2.05, 4.69) is 0 Å². The number of carbonyl (C=O) groups excluding carboxylic acids is 1. The maximum absolute atomic E-state index is 12.1. The molecule has 0 spiro atoms. The molecule has 64 valence electrons. The molecular formula is C8H14FNO. The summed E-state index contributed by atoms with van der Waals surface area (Å²) in [7, 11) is 0. The number of nitrogens with zero attached hydrogens (tertiary/aromatic N) is 1. The number of hydrogen-bond acceptors (Lipinski definition) is 1. The number of rotatable bonds is 1. The zero-order valence-electron chi connectivity index (χ0n) is 6.85. The number of alkyl halides is 1. The highest BCUT2D eigenvalue weighted by atomic mass is 19.1. The molecule has 0 saturated carbocycles. The molecule has 1 amide bonds. The summed E-state index contributed by atoms with van der Waals surface area (Å²) in [5, 5.41) is 0. The van der Waals surface area contributed by atoms with E-state index >= 15 is 0 Å². The molecule has 1 fully saturated rings. The normalized spacial score (nSPS) is 20.4. The largest absolute Gasteiger partial charge is 0.343 e. The SMILES string of the molecule is CC(=O)N1CCC(CF)CC1. The summed E-state index contributed by atoms with van der Waals surface area (Å²) in [4.78, 5) is 12.6. The predicted molar refractivity (Wildman–Crippen MR) is 41.0 cm³/mol. The van der Waals surface area contributed by atoms with Crippen LogP contribution in [0.3, 0.4) is 0 Å². The predicted octanol–water partition coefficient (Wildman–Crippen LogP) is 1.21. The molecular weight excluding hydrogens is 145 g/mol. The Labute approximate surface area is 66.4 Å². The molecule has 0 aliphatic carbocycles. The standard InChI is InChI=1S/C8H14FNO/c1-7(11)10-4-2-8(6-9)3-5-10/h8H,2-6H2,1H3. The van der Waals surface area contributed by atoms with Crippen LogP contribution in [-0.4, -0.2) is 30.6 Å². The van der Waals surface area contributed by atoms with Crippen molar-refractivity contribution in [3.8, 4) is 0 Å². The third-order valence-electron chi connectivity index (χ3n) is 2.28. The van der Waals surface area contributed by atoms with Crippen molar-refractivity contribution in [1.82, 2.24) is 4.90 Å². The molecule has 1 aliphatic heterocycles. The Morgan fingerprint density at radius 2 is 2.09 bits per heavy atom. The van der Waals surface area contributed by atoms with E-state index in [0.717, 1.165) is 25.9 Å². The summed E-state index contributed by atoms with van der Waals surface area (Å²) in [6, 6.07) is 0. The minimum atomic E-state index is -0.230. The molecule has 1 rings (SSSR count). The van der Waals surface area contributed by atoms with Gasteiger partial charge in [0, 0.05) is 20.0 Å². The Bertz CT molecular complexity index is 141. The minimum absolute atomic E-state index is 0.113. The van der Waals surface area contributed by atoms with Crippen LogP contribution in [0.2, 0.25) is 0 Å². The molecule has 0 unspecified atom stereocenters. The van der Waals surface area contributed by atoms with Crippen molar-refractivity contribution in [3.63, 3.8) is 0 Å². The Hall–Kier alpha value is -0.600. The first-order valence-corrected chi connectivity index (χ1v) is 4.05. The summed E-state index contributed by atoms with van der Waals surface area (Å²) >= 11 is 0. The molecule has 0 bridgehead atoms. The van der Waals surface area contributed by atoms with Crippen molar-refractivity contribution in [2.45, 2.75) is 19.8 Å². The number of likely N-dealkylation sites (tertiary alicyclic amines) is 1. The lowest BCUT2D eigenvalue weighted by molar-refractivity contribution is -0.130. The molecule has 3 heteroatoms. The van der Waals surface area contributed by atoms with Gasteiger partial charge in [-0.05, 0) is 18.8 Å². The summed E-state index contributed by atoms with van der Waals surface area (Å²) < 4.78 is 12.1. The second-order valence-electron chi connectivity index (χ2n) is 3.10. The molecule has 2 nitrogen and oxygen atoms in total. The molecule has 0 aromatic heterocycles. The van der Waals surface area contributed by atoms with Crippen LogP contribution < -0.4 is 0 Å². The van der Waals surface area contributed by atoms with E-state index in [-0.39, 0.29) is 18.5 Å². The highest BCUT2D eigenvalue weighted by Crippen LogP contribution is 2.16. The van der Waals surface area contributed by atoms with Crippen molar-refractivity contribution in [1.29, 1.82) is 0 Å². The van der Waals surface area contributed by atoms with Gasteiger partial charge in [-0.2, -0.15) is 0 Å². The third kappa shape index (κ3) is 2.17. The quantitative estimate of drug-likeness (QED) is 0.563. The number of amides is 1. The van der Waals surface area contributed by atoms with E-state index in [4.69, 9.17) is 0 Å². The van der Waals surface area contributed by atoms with Gasteiger partial charge in [0.1, 0.15) is 0 Å². The van der Waals surface area contributed by atoms with Gasteiger partial charge in [-0.15, -0.1) is 0 Å². The monoisotopic (exact) mass is 159 g/mol. The summed E-state index contributed by atoms with van der Waals surface area (Å²) in [6.07, 6.45) is 1.66. The smallest absolute Gasteiger partial charge is 0.219 e. The first-order valence-electron chi connectivity index (χ1n) is 4.05. The Morgan fingerprint density at radius 3 is 2.45 bits per heavy atom. The topological polar surface area (TPSA) is 20.3 Å². The highest BCUT2D eigenvalue weighted by Gasteiger charge is 2.19. The summed E-state index contributed by atoms with van der Waals surface area (Å²) in [5.41, 5.74) is 0. The van der Waals surface area contributed by atoms with Crippen molar-refractivity contribution in [2.24, 2.45) is 5.92 Å². The highest BCUT2D eigenvalue weighted by molar-refractivity contribution is 5.73. The minimum Gasteiger partial charge on any atom is -0.343 e. The fourth-order valence-corrected chi connectivity index (χ4v) is 1.40. The number of carbonyl (C=O) groups is 1. The van der Waals surface area contributed by atoms with Crippen LogP contribution in [0.5, 0.6) is 0 Å². The average molecular weight is 159 g/mol. The fraction of sp³-hybridized carbons (Fsp3) is 0.875. The third-order valence-corrected chi connectivity index (χ3v) is 2.28. The van der Waals surface area contributed by atoms with Crippen LogP contribution in [0.25, 0.3) is 0 Å². The molecule has 0 atom stereocenters. The second kappa shape index (κ2) is 3.69. The van der Waals surface area contributed by atoms with Crippen LogP contribution in [0.4, 0.5) is 4.39 Å². The van der Waals surface area contributed by atoms with Gasteiger partial charge in [0.05, 0.1) is 6.67 Å².